The average molecular weight is 391 g/mol. The molecule has 0 bridgehead atoms. The van der Waals surface area contributed by atoms with Gasteiger partial charge >= 0.3 is 5.97 Å². The van der Waals surface area contributed by atoms with Gasteiger partial charge in [0.05, 0.1) is 10.9 Å². The number of benzene rings is 1. The fourth-order valence-corrected chi connectivity index (χ4v) is 3.45. The minimum Gasteiger partial charge on any atom is -0.477 e. The Hall–Kier alpha value is -3.34. The molecule has 9 nitrogen and oxygen atoms in total. The highest BCUT2D eigenvalue weighted by atomic mass is 19.1. The number of carboxylic acid groups (broad SMARTS) is 1. The van der Waals surface area contributed by atoms with Gasteiger partial charge < -0.3 is 15.7 Å². The van der Waals surface area contributed by atoms with Crippen LogP contribution in [0, 0.1) is 18.6 Å². The summed E-state index contributed by atoms with van der Waals surface area (Å²) in [5.74, 6) is -3.53. The lowest BCUT2D eigenvalue weighted by Crippen LogP contribution is -2.28. The van der Waals surface area contributed by atoms with Gasteiger partial charge in [0.2, 0.25) is 11.2 Å². The molecule has 3 N–H and O–H groups in total. The van der Waals surface area contributed by atoms with Gasteiger partial charge in [0.1, 0.15) is 22.8 Å². The number of halogens is 2. The van der Waals surface area contributed by atoms with Crippen LogP contribution in [0.4, 0.5) is 14.5 Å². The van der Waals surface area contributed by atoms with Gasteiger partial charge in [-0.15, -0.1) is 0 Å². The molecule has 1 aliphatic heterocycles. The van der Waals surface area contributed by atoms with E-state index < -0.39 is 34.0 Å². The van der Waals surface area contributed by atoms with Gasteiger partial charge in [-0.2, -0.15) is 0 Å². The molecule has 3 aromatic rings. The molecule has 2 aromatic heterocycles. The molecule has 0 spiro atoms. The monoisotopic (exact) mass is 391 g/mol. The van der Waals surface area contributed by atoms with E-state index in [1.807, 2.05) is 0 Å². The topological polar surface area (TPSA) is 127 Å². The third kappa shape index (κ3) is 2.62. The number of hydrogen-bond donors (Lipinski definition) is 2. The fourth-order valence-electron chi connectivity index (χ4n) is 3.45. The lowest BCUT2D eigenvalue weighted by atomic mass is 10.1. The SMILES string of the molecule is Cc1nonc1-n1cc(C(=O)O)c(=O)c2cc(F)c(N3CCC(N)C3)c(F)c21. The van der Waals surface area contributed by atoms with Crippen molar-refractivity contribution in [3.63, 3.8) is 0 Å². The average Bonchev–Trinajstić information content (AvgIpc) is 3.24. The molecule has 1 aromatic carbocycles. The Labute approximate surface area is 155 Å². The highest BCUT2D eigenvalue weighted by Gasteiger charge is 2.29. The molecule has 3 heterocycles. The third-order valence-electron chi connectivity index (χ3n) is 4.78. The van der Waals surface area contributed by atoms with E-state index in [9.17, 15) is 19.1 Å². The molecule has 0 amide bonds. The molecule has 11 heteroatoms. The second-order valence-electron chi connectivity index (χ2n) is 6.63. The van der Waals surface area contributed by atoms with Crippen LogP contribution < -0.4 is 16.1 Å². The fraction of sp³-hybridized carbons (Fsp3) is 0.294. The molecular weight excluding hydrogens is 376 g/mol. The van der Waals surface area contributed by atoms with Crippen LogP contribution in [-0.2, 0) is 0 Å². The van der Waals surface area contributed by atoms with Crippen LogP contribution >= 0.6 is 0 Å². The summed E-state index contributed by atoms with van der Waals surface area (Å²) in [5.41, 5.74) is 3.76. The van der Waals surface area contributed by atoms with E-state index >= 15 is 4.39 Å². The summed E-state index contributed by atoms with van der Waals surface area (Å²) >= 11 is 0. The third-order valence-corrected chi connectivity index (χ3v) is 4.78. The number of hydrogen-bond acceptors (Lipinski definition) is 7. The molecule has 0 aliphatic carbocycles. The maximum atomic E-state index is 15.5. The normalized spacial score (nSPS) is 16.9. The summed E-state index contributed by atoms with van der Waals surface area (Å²) in [6, 6.07) is 0.610. The van der Waals surface area contributed by atoms with Gasteiger partial charge in [0.15, 0.2) is 5.82 Å². The van der Waals surface area contributed by atoms with Gasteiger partial charge in [-0.3, -0.25) is 9.36 Å². The van der Waals surface area contributed by atoms with Crippen LogP contribution in [0.2, 0.25) is 0 Å². The Morgan fingerprint density at radius 3 is 2.71 bits per heavy atom. The first-order chi connectivity index (χ1) is 13.3. The molecule has 1 atom stereocenters. The number of aromatic nitrogens is 3. The molecule has 0 saturated carbocycles. The predicted octanol–water partition coefficient (Wildman–Crippen LogP) is 1.20. The van der Waals surface area contributed by atoms with E-state index in [1.54, 1.807) is 0 Å². The van der Waals surface area contributed by atoms with E-state index in [2.05, 4.69) is 14.9 Å². The van der Waals surface area contributed by atoms with Crippen molar-refractivity contribution in [1.82, 2.24) is 14.9 Å². The highest BCUT2D eigenvalue weighted by molar-refractivity contribution is 5.94. The van der Waals surface area contributed by atoms with Crippen molar-refractivity contribution in [3.8, 4) is 5.82 Å². The van der Waals surface area contributed by atoms with Gasteiger partial charge in [-0.25, -0.2) is 18.2 Å². The maximum absolute atomic E-state index is 15.5. The van der Waals surface area contributed by atoms with Gasteiger partial charge in [0.25, 0.3) is 0 Å². The summed E-state index contributed by atoms with van der Waals surface area (Å²) in [5, 5.41) is 16.2. The Bertz CT molecular complexity index is 1170. The quantitative estimate of drug-likeness (QED) is 0.682. The molecule has 1 aliphatic rings. The standard InChI is InChI=1S/C17H15F2N5O4/c1-7-16(22-28-21-7)24-6-10(17(26)27)15(25)9-4-11(18)14(12(19)13(9)24)23-3-2-8(20)5-23/h4,6,8H,2-3,5,20H2,1H3,(H,26,27). The Balaban J connectivity index is 2.11. The smallest absolute Gasteiger partial charge is 0.341 e. The maximum Gasteiger partial charge on any atom is 0.341 e. The van der Waals surface area contributed by atoms with E-state index in [4.69, 9.17) is 5.73 Å². The number of fused-ring (bicyclic) bond motifs is 1. The van der Waals surface area contributed by atoms with Gasteiger partial charge in [0, 0.05) is 25.3 Å². The van der Waals surface area contributed by atoms with Crippen molar-refractivity contribution < 1.29 is 23.3 Å². The minimum atomic E-state index is -1.54. The molecule has 0 radical (unpaired) electrons. The lowest BCUT2D eigenvalue weighted by Gasteiger charge is -2.21. The van der Waals surface area contributed by atoms with Crippen LogP contribution in [-0.4, -0.2) is 45.1 Å². The van der Waals surface area contributed by atoms with E-state index in [0.717, 1.165) is 16.8 Å². The van der Waals surface area contributed by atoms with Gasteiger partial charge in [-0.1, -0.05) is 5.16 Å². The van der Waals surface area contributed by atoms with Crippen LogP contribution in [0.3, 0.4) is 0 Å². The molecule has 4 rings (SSSR count). The first-order valence-corrected chi connectivity index (χ1v) is 8.40. The number of anilines is 1. The summed E-state index contributed by atoms with van der Waals surface area (Å²) in [6.07, 6.45) is 1.49. The second kappa shape index (κ2) is 6.37. The summed E-state index contributed by atoms with van der Waals surface area (Å²) in [7, 11) is 0. The van der Waals surface area contributed by atoms with Crippen LogP contribution in [0.1, 0.15) is 22.5 Å². The zero-order valence-electron chi connectivity index (χ0n) is 14.6. The molecule has 1 unspecified atom stereocenters. The summed E-state index contributed by atoms with van der Waals surface area (Å²) in [6.45, 7) is 2.11. The number of nitrogens with zero attached hydrogens (tertiary/aromatic N) is 4. The number of aryl methyl sites for hydroxylation is 1. The Morgan fingerprint density at radius 2 is 2.14 bits per heavy atom. The minimum absolute atomic E-state index is 0.0120. The predicted molar refractivity (Wildman–Crippen MR) is 93.8 cm³/mol. The second-order valence-corrected chi connectivity index (χ2v) is 6.63. The van der Waals surface area contributed by atoms with Crippen LogP contribution in [0.5, 0.6) is 0 Å². The number of carbonyl (C=O) groups is 1. The summed E-state index contributed by atoms with van der Waals surface area (Å²) < 4.78 is 35.9. The number of pyridine rings is 1. The van der Waals surface area contributed by atoms with Crippen molar-refractivity contribution in [2.24, 2.45) is 5.73 Å². The lowest BCUT2D eigenvalue weighted by molar-refractivity contribution is 0.0695. The first-order valence-electron chi connectivity index (χ1n) is 8.40. The van der Waals surface area contributed by atoms with E-state index in [-0.39, 0.29) is 35.3 Å². The first kappa shape index (κ1) is 18.0. The van der Waals surface area contributed by atoms with Crippen molar-refractivity contribution in [3.05, 3.63) is 45.4 Å². The largest absolute Gasteiger partial charge is 0.477 e. The van der Waals surface area contributed by atoms with Crippen LogP contribution in [0.15, 0.2) is 21.7 Å². The number of rotatable bonds is 3. The van der Waals surface area contributed by atoms with Crippen molar-refractivity contribution in [2.45, 2.75) is 19.4 Å². The summed E-state index contributed by atoms with van der Waals surface area (Å²) in [4.78, 5) is 25.5. The van der Waals surface area contributed by atoms with Gasteiger partial charge in [-0.05, 0) is 24.6 Å². The number of nitrogens with two attached hydrogens (primary N) is 1. The van der Waals surface area contributed by atoms with Crippen molar-refractivity contribution >= 4 is 22.6 Å². The highest BCUT2D eigenvalue weighted by Crippen LogP contribution is 2.33. The number of aromatic carboxylic acids is 1. The van der Waals surface area contributed by atoms with E-state index in [1.165, 1.54) is 11.8 Å². The molecule has 1 saturated heterocycles. The Morgan fingerprint density at radius 1 is 1.39 bits per heavy atom. The Kier molecular flexibility index (Phi) is 4.11. The molecule has 146 valence electrons. The van der Waals surface area contributed by atoms with E-state index in [0.29, 0.717) is 13.0 Å². The zero-order valence-corrected chi connectivity index (χ0v) is 14.6. The van der Waals surface area contributed by atoms with Crippen molar-refractivity contribution in [2.75, 3.05) is 18.0 Å². The molecular formula is C17H15F2N5O4. The zero-order chi connectivity index (χ0) is 20.2. The number of carboxylic acids is 1. The van der Waals surface area contributed by atoms with Crippen LogP contribution in [0.25, 0.3) is 16.7 Å². The molecule has 1 fully saturated rings. The molecule has 28 heavy (non-hydrogen) atoms. The van der Waals surface area contributed by atoms with Crippen molar-refractivity contribution in [1.29, 1.82) is 0 Å².